The van der Waals surface area contributed by atoms with E-state index in [-0.39, 0.29) is 11.4 Å². The fourth-order valence-electron chi connectivity index (χ4n) is 1.65. The van der Waals surface area contributed by atoms with Gasteiger partial charge in [-0.3, -0.25) is 0 Å². The maximum absolute atomic E-state index is 13.7. The van der Waals surface area contributed by atoms with Gasteiger partial charge in [0, 0.05) is 5.56 Å². The first-order chi connectivity index (χ1) is 8.08. The highest BCUT2D eigenvalue weighted by Gasteiger charge is 2.06. The molecule has 2 aromatic rings. The van der Waals surface area contributed by atoms with Crippen molar-refractivity contribution in [2.24, 2.45) is 0 Å². The third-order valence-corrected chi connectivity index (χ3v) is 2.57. The van der Waals surface area contributed by atoms with Gasteiger partial charge in [-0.2, -0.15) is 0 Å². The summed E-state index contributed by atoms with van der Waals surface area (Å²) in [4.78, 5) is 10.7. The van der Waals surface area contributed by atoms with E-state index >= 15 is 0 Å². The predicted molar refractivity (Wildman–Crippen MR) is 63.5 cm³/mol. The van der Waals surface area contributed by atoms with Crippen molar-refractivity contribution in [3.63, 3.8) is 0 Å². The van der Waals surface area contributed by atoms with Crippen LogP contribution in [0.4, 0.5) is 4.39 Å². The molecule has 0 aromatic heterocycles. The van der Waals surface area contributed by atoms with Crippen LogP contribution in [0.1, 0.15) is 15.9 Å². The molecule has 0 aliphatic carbocycles. The van der Waals surface area contributed by atoms with Gasteiger partial charge in [0.25, 0.3) is 0 Å². The summed E-state index contributed by atoms with van der Waals surface area (Å²) in [5.41, 5.74) is 2.20. The Hall–Kier alpha value is -2.16. The summed E-state index contributed by atoms with van der Waals surface area (Å²) in [5.74, 6) is -1.28. The minimum Gasteiger partial charge on any atom is -0.478 e. The lowest BCUT2D eigenvalue weighted by atomic mass is 10.0. The smallest absolute Gasteiger partial charge is 0.335 e. The number of aromatic carboxylic acids is 1. The van der Waals surface area contributed by atoms with E-state index in [0.717, 1.165) is 5.56 Å². The second kappa shape index (κ2) is 4.37. The second-order valence-corrected chi connectivity index (χ2v) is 3.87. The molecule has 0 heterocycles. The molecule has 0 bridgehead atoms. The lowest BCUT2D eigenvalue weighted by Crippen LogP contribution is -1.95. The molecule has 1 N–H and O–H groups in total. The van der Waals surface area contributed by atoms with Gasteiger partial charge in [-0.25, -0.2) is 9.18 Å². The highest BCUT2D eigenvalue weighted by molar-refractivity contribution is 5.88. The van der Waals surface area contributed by atoms with Crippen LogP contribution >= 0.6 is 0 Å². The highest BCUT2D eigenvalue weighted by atomic mass is 19.1. The normalized spacial score (nSPS) is 10.2. The molecule has 17 heavy (non-hydrogen) atoms. The van der Waals surface area contributed by atoms with Crippen LogP contribution in [0.25, 0.3) is 11.1 Å². The van der Waals surface area contributed by atoms with Crippen LogP contribution in [-0.2, 0) is 0 Å². The number of carboxylic acid groups (broad SMARTS) is 1. The average molecular weight is 230 g/mol. The van der Waals surface area contributed by atoms with Crippen molar-refractivity contribution < 1.29 is 14.3 Å². The average Bonchev–Trinajstić information content (AvgIpc) is 2.29. The standard InChI is InChI=1S/C14H11FO2/c1-9-2-7-12(13(15)8-9)10-3-5-11(6-4-10)14(16)17/h2-8H,1H3,(H,16,17). The summed E-state index contributed by atoms with van der Waals surface area (Å²) in [6.45, 7) is 1.82. The fourth-order valence-corrected chi connectivity index (χ4v) is 1.65. The van der Waals surface area contributed by atoms with Gasteiger partial charge >= 0.3 is 5.97 Å². The van der Waals surface area contributed by atoms with Crippen molar-refractivity contribution in [3.05, 3.63) is 59.4 Å². The lowest BCUT2D eigenvalue weighted by molar-refractivity contribution is 0.0697. The molecule has 0 aliphatic rings. The molecule has 0 saturated carbocycles. The minimum absolute atomic E-state index is 0.196. The molecule has 2 aromatic carbocycles. The van der Waals surface area contributed by atoms with Gasteiger partial charge in [-0.15, -0.1) is 0 Å². The molecule has 0 atom stereocenters. The highest BCUT2D eigenvalue weighted by Crippen LogP contribution is 2.23. The Morgan fingerprint density at radius 3 is 2.29 bits per heavy atom. The molecule has 3 heteroatoms. The maximum atomic E-state index is 13.7. The van der Waals surface area contributed by atoms with Gasteiger partial charge < -0.3 is 5.11 Å². The summed E-state index contributed by atoms with van der Waals surface area (Å²) in [6, 6.07) is 11.1. The maximum Gasteiger partial charge on any atom is 0.335 e. The zero-order valence-corrected chi connectivity index (χ0v) is 9.27. The molecule has 0 amide bonds. The second-order valence-electron chi connectivity index (χ2n) is 3.87. The first-order valence-corrected chi connectivity index (χ1v) is 5.18. The van der Waals surface area contributed by atoms with Gasteiger partial charge in [0.1, 0.15) is 5.82 Å². The Balaban J connectivity index is 2.43. The van der Waals surface area contributed by atoms with E-state index in [2.05, 4.69) is 0 Å². The van der Waals surface area contributed by atoms with Gasteiger partial charge in [-0.1, -0.05) is 24.3 Å². The van der Waals surface area contributed by atoms with Crippen molar-refractivity contribution in [1.29, 1.82) is 0 Å². The summed E-state index contributed by atoms with van der Waals surface area (Å²) in [5, 5.41) is 8.76. The molecule has 0 saturated heterocycles. The van der Waals surface area contributed by atoms with Crippen LogP contribution in [0.3, 0.4) is 0 Å². The molecule has 0 aliphatic heterocycles. The number of benzene rings is 2. The van der Waals surface area contributed by atoms with Crippen LogP contribution in [0, 0.1) is 12.7 Å². The Morgan fingerprint density at radius 1 is 1.12 bits per heavy atom. The summed E-state index contributed by atoms with van der Waals surface area (Å²) in [7, 11) is 0. The number of hydrogen-bond donors (Lipinski definition) is 1. The van der Waals surface area contributed by atoms with Gasteiger partial charge in [0.2, 0.25) is 0 Å². The molecule has 86 valence electrons. The SMILES string of the molecule is Cc1ccc(-c2ccc(C(=O)O)cc2)c(F)c1. The van der Waals surface area contributed by atoms with Gasteiger partial charge in [0.15, 0.2) is 0 Å². The molecular formula is C14H11FO2. The summed E-state index contributed by atoms with van der Waals surface area (Å²) in [6.07, 6.45) is 0. The number of hydrogen-bond acceptors (Lipinski definition) is 1. The molecule has 2 nitrogen and oxygen atoms in total. The van der Waals surface area contributed by atoms with Crippen LogP contribution in [0.5, 0.6) is 0 Å². The molecule has 0 radical (unpaired) electrons. The van der Waals surface area contributed by atoms with E-state index < -0.39 is 5.97 Å². The van der Waals surface area contributed by atoms with E-state index in [1.807, 2.05) is 13.0 Å². The molecule has 0 unspecified atom stereocenters. The number of carboxylic acids is 1. The first-order valence-electron chi connectivity index (χ1n) is 5.18. The Kier molecular flexibility index (Phi) is 2.91. The van der Waals surface area contributed by atoms with E-state index in [1.54, 1.807) is 18.2 Å². The topological polar surface area (TPSA) is 37.3 Å². The van der Waals surface area contributed by atoms with E-state index in [9.17, 15) is 9.18 Å². The molecule has 2 rings (SSSR count). The number of carbonyl (C=O) groups is 1. The van der Waals surface area contributed by atoms with Crippen molar-refractivity contribution in [2.75, 3.05) is 0 Å². The van der Waals surface area contributed by atoms with Gasteiger partial charge in [-0.05, 0) is 36.2 Å². The molecule has 0 spiro atoms. The molecule has 0 fully saturated rings. The zero-order chi connectivity index (χ0) is 12.4. The predicted octanol–water partition coefficient (Wildman–Crippen LogP) is 3.50. The summed E-state index contributed by atoms with van der Waals surface area (Å²) >= 11 is 0. The van der Waals surface area contributed by atoms with Crippen molar-refractivity contribution in [2.45, 2.75) is 6.92 Å². The third kappa shape index (κ3) is 2.33. The first kappa shape index (κ1) is 11.3. The van der Waals surface area contributed by atoms with Crippen LogP contribution in [-0.4, -0.2) is 11.1 Å². The van der Waals surface area contributed by atoms with Crippen LogP contribution in [0.2, 0.25) is 0 Å². The Labute approximate surface area is 98.3 Å². The minimum atomic E-state index is -0.985. The van der Waals surface area contributed by atoms with Crippen molar-refractivity contribution >= 4 is 5.97 Å². The fraction of sp³-hybridized carbons (Fsp3) is 0.0714. The van der Waals surface area contributed by atoms with Gasteiger partial charge in [0.05, 0.1) is 5.56 Å². The number of aryl methyl sites for hydroxylation is 1. The van der Waals surface area contributed by atoms with Crippen molar-refractivity contribution in [1.82, 2.24) is 0 Å². The number of rotatable bonds is 2. The van der Waals surface area contributed by atoms with Crippen LogP contribution < -0.4 is 0 Å². The Bertz CT molecular complexity index is 559. The Morgan fingerprint density at radius 2 is 1.76 bits per heavy atom. The largest absolute Gasteiger partial charge is 0.478 e. The molecular weight excluding hydrogens is 219 g/mol. The summed E-state index contributed by atoms with van der Waals surface area (Å²) < 4.78 is 13.7. The zero-order valence-electron chi connectivity index (χ0n) is 9.27. The van der Waals surface area contributed by atoms with E-state index in [0.29, 0.717) is 11.1 Å². The lowest BCUT2D eigenvalue weighted by Gasteiger charge is -2.04. The third-order valence-electron chi connectivity index (χ3n) is 2.57. The van der Waals surface area contributed by atoms with E-state index in [1.165, 1.54) is 18.2 Å². The quantitative estimate of drug-likeness (QED) is 0.857. The van der Waals surface area contributed by atoms with Crippen LogP contribution in [0.15, 0.2) is 42.5 Å². The van der Waals surface area contributed by atoms with Crippen molar-refractivity contribution in [3.8, 4) is 11.1 Å². The van der Waals surface area contributed by atoms with E-state index in [4.69, 9.17) is 5.11 Å². The monoisotopic (exact) mass is 230 g/mol. The number of halogens is 1.